The number of hydrogen-bond acceptors (Lipinski definition) is 4. The van der Waals surface area contributed by atoms with Gasteiger partial charge in [0.15, 0.2) is 5.82 Å². The van der Waals surface area contributed by atoms with Gasteiger partial charge in [0, 0.05) is 26.1 Å². The molecule has 1 aromatic heterocycles. The van der Waals surface area contributed by atoms with Crippen LogP contribution < -0.4 is 0 Å². The van der Waals surface area contributed by atoms with Crippen molar-refractivity contribution in [3.8, 4) is 0 Å². The molecule has 4 rings (SSSR count). The van der Waals surface area contributed by atoms with Crippen molar-refractivity contribution >= 4 is 5.91 Å². The number of likely N-dealkylation sites (N-methyl/N-ethyl adjacent to an activating group) is 1. The van der Waals surface area contributed by atoms with E-state index in [9.17, 15) is 4.79 Å². The molecule has 1 aliphatic carbocycles. The highest BCUT2D eigenvalue weighted by molar-refractivity contribution is 5.76. The summed E-state index contributed by atoms with van der Waals surface area (Å²) in [6.45, 7) is 3.71. The van der Waals surface area contributed by atoms with E-state index in [0.717, 1.165) is 63.0 Å². The van der Waals surface area contributed by atoms with Crippen molar-refractivity contribution in [2.24, 2.45) is 5.92 Å². The molecule has 1 atom stereocenters. The average molecular weight is 345 g/mol. The maximum Gasteiger partial charge on any atom is 0.223 e. The van der Waals surface area contributed by atoms with Crippen LogP contribution in [0, 0.1) is 5.92 Å². The maximum atomic E-state index is 12.9. The van der Waals surface area contributed by atoms with Crippen molar-refractivity contribution in [1.29, 1.82) is 0 Å². The van der Waals surface area contributed by atoms with Gasteiger partial charge in [0.2, 0.25) is 5.91 Å². The van der Waals surface area contributed by atoms with Crippen molar-refractivity contribution in [3.63, 3.8) is 0 Å². The first kappa shape index (κ1) is 17.0. The van der Waals surface area contributed by atoms with Crippen LogP contribution in [-0.2, 0) is 17.9 Å². The molecule has 1 saturated heterocycles. The van der Waals surface area contributed by atoms with Gasteiger partial charge in [-0.3, -0.25) is 9.69 Å². The number of likely N-dealkylation sites (tertiary alicyclic amines) is 1. The summed E-state index contributed by atoms with van der Waals surface area (Å²) in [5.74, 6) is 3.19. The minimum atomic E-state index is 0.134. The second-order valence-electron chi connectivity index (χ2n) is 8.15. The van der Waals surface area contributed by atoms with Crippen LogP contribution in [0.2, 0.25) is 0 Å². The first-order valence-corrected chi connectivity index (χ1v) is 10.1. The van der Waals surface area contributed by atoms with Gasteiger partial charge >= 0.3 is 0 Å². The normalized spacial score (nSPS) is 25.3. The lowest BCUT2D eigenvalue weighted by atomic mass is 9.98. The van der Waals surface area contributed by atoms with Crippen LogP contribution in [0.3, 0.4) is 0 Å². The molecule has 2 fully saturated rings. The quantitative estimate of drug-likeness (QED) is 0.842. The Labute approximate surface area is 150 Å². The van der Waals surface area contributed by atoms with Crippen LogP contribution in [0.25, 0.3) is 0 Å². The monoisotopic (exact) mass is 345 g/mol. The third kappa shape index (κ3) is 3.59. The van der Waals surface area contributed by atoms with Gasteiger partial charge in [-0.2, -0.15) is 0 Å². The Morgan fingerprint density at radius 3 is 2.68 bits per heavy atom. The van der Waals surface area contributed by atoms with Gasteiger partial charge in [-0.15, -0.1) is 10.2 Å². The first-order valence-electron chi connectivity index (χ1n) is 10.1. The van der Waals surface area contributed by atoms with E-state index in [1.807, 2.05) is 0 Å². The molecule has 6 nitrogen and oxygen atoms in total. The Morgan fingerprint density at radius 1 is 1.04 bits per heavy atom. The number of carbonyl (C=O) groups excluding carboxylic acids is 1. The molecule has 0 aromatic carbocycles. The molecule has 0 N–H and O–H groups in total. The van der Waals surface area contributed by atoms with E-state index in [2.05, 4.69) is 31.6 Å². The molecule has 0 radical (unpaired) electrons. The van der Waals surface area contributed by atoms with E-state index < -0.39 is 0 Å². The van der Waals surface area contributed by atoms with E-state index in [-0.39, 0.29) is 6.04 Å². The summed E-state index contributed by atoms with van der Waals surface area (Å²) in [4.78, 5) is 17.3. The molecule has 1 aromatic rings. The number of fused-ring (bicyclic) bond motifs is 1. The highest BCUT2D eigenvalue weighted by Gasteiger charge is 2.33. The number of piperidine rings is 1. The maximum absolute atomic E-state index is 12.9. The van der Waals surface area contributed by atoms with Crippen LogP contribution in [0.15, 0.2) is 0 Å². The number of carbonyl (C=O) groups is 1. The molecule has 0 bridgehead atoms. The SMILES string of the molecule is CN1CCn2c(nnc2C2CCCCN2C(=O)CCC2CCCC2)C1. The Balaban J connectivity index is 1.46. The third-order valence-electron chi connectivity index (χ3n) is 6.34. The summed E-state index contributed by atoms with van der Waals surface area (Å²) in [5, 5.41) is 8.94. The molecule has 2 aliphatic heterocycles. The van der Waals surface area contributed by atoms with Crippen molar-refractivity contribution in [1.82, 2.24) is 24.6 Å². The van der Waals surface area contributed by atoms with E-state index in [1.54, 1.807) is 0 Å². The molecule has 6 heteroatoms. The van der Waals surface area contributed by atoms with E-state index in [0.29, 0.717) is 12.3 Å². The molecule has 0 spiro atoms. The minimum Gasteiger partial charge on any atom is -0.332 e. The lowest BCUT2D eigenvalue weighted by molar-refractivity contribution is -0.135. The number of amides is 1. The zero-order valence-electron chi connectivity index (χ0n) is 15.5. The third-order valence-corrected chi connectivity index (χ3v) is 6.34. The fourth-order valence-electron chi connectivity index (χ4n) is 4.82. The molecular formula is C19H31N5O. The predicted octanol–water partition coefficient (Wildman–Crippen LogP) is 2.75. The fraction of sp³-hybridized carbons (Fsp3) is 0.842. The molecular weight excluding hydrogens is 314 g/mol. The standard InChI is InChI=1S/C19H31N5O/c1-22-12-13-24-17(14-22)20-21-19(24)16-8-4-5-11-23(16)18(25)10-9-15-6-2-3-7-15/h15-16H,2-14H2,1H3. The molecule has 138 valence electrons. The molecule has 3 heterocycles. The van der Waals surface area contributed by atoms with Crippen LogP contribution in [0.4, 0.5) is 0 Å². The number of rotatable bonds is 4. The first-order chi connectivity index (χ1) is 12.2. The minimum absolute atomic E-state index is 0.134. The summed E-state index contributed by atoms with van der Waals surface area (Å²) >= 11 is 0. The Morgan fingerprint density at radius 2 is 1.84 bits per heavy atom. The summed E-state index contributed by atoms with van der Waals surface area (Å²) < 4.78 is 2.27. The van der Waals surface area contributed by atoms with E-state index in [4.69, 9.17) is 0 Å². The van der Waals surface area contributed by atoms with Crippen LogP contribution in [-0.4, -0.2) is 50.6 Å². The van der Waals surface area contributed by atoms with E-state index in [1.165, 1.54) is 32.1 Å². The van der Waals surface area contributed by atoms with Crippen molar-refractivity contribution < 1.29 is 4.79 Å². The Bertz CT molecular complexity index is 607. The highest BCUT2D eigenvalue weighted by atomic mass is 16.2. The lowest BCUT2D eigenvalue weighted by Crippen LogP contribution is -2.40. The molecule has 1 unspecified atom stereocenters. The predicted molar refractivity (Wildman–Crippen MR) is 95.9 cm³/mol. The molecule has 1 saturated carbocycles. The Hall–Kier alpha value is -1.43. The molecule has 3 aliphatic rings. The van der Waals surface area contributed by atoms with Crippen LogP contribution in [0.5, 0.6) is 0 Å². The second kappa shape index (κ2) is 7.44. The van der Waals surface area contributed by atoms with Crippen molar-refractivity contribution in [2.75, 3.05) is 20.1 Å². The van der Waals surface area contributed by atoms with Gasteiger partial charge in [-0.05, 0) is 38.6 Å². The zero-order valence-corrected chi connectivity index (χ0v) is 15.5. The largest absolute Gasteiger partial charge is 0.332 e. The van der Waals surface area contributed by atoms with Gasteiger partial charge in [0.1, 0.15) is 5.82 Å². The Kier molecular flexibility index (Phi) is 5.06. The molecule has 1 amide bonds. The van der Waals surface area contributed by atoms with E-state index >= 15 is 0 Å². The second-order valence-corrected chi connectivity index (χ2v) is 8.15. The molecule has 25 heavy (non-hydrogen) atoms. The fourth-order valence-corrected chi connectivity index (χ4v) is 4.82. The number of aromatic nitrogens is 3. The van der Waals surface area contributed by atoms with Gasteiger partial charge in [0.05, 0.1) is 12.6 Å². The van der Waals surface area contributed by atoms with Crippen LogP contribution >= 0.6 is 0 Å². The van der Waals surface area contributed by atoms with Crippen molar-refractivity contribution in [3.05, 3.63) is 11.6 Å². The van der Waals surface area contributed by atoms with Gasteiger partial charge in [-0.25, -0.2) is 0 Å². The zero-order chi connectivity index (χ0) is 17.2. The highest BCUT2D eigenvalue weighted by Crippen LogP contribution is 2.33. The summed E-state index contributed by atoms with van der Waals surface area (Å²) in [5.41, 5.74) is 0. The van der Waals surface area contributed by atoms with Crippen LogP contribution in [0.1, 0.15) is 75.5 Å². The van der Waals surface area contributed by atoms with Gasteiger partial charge < -0.3 is 9.47 Å². The summed E-state index contributed by atoms with van der Waals surface area (Å²) in [7, 11) is 2.12. The summed E-state index contributed by atoms with van der Waals surface area (Å²) in [6, 6.07) is 0.134. The smallest absolute Gasteiger partial charge is 0.223 e. The van der Waals surface area contributed by atoms with Gasteiger partial charge in [-0.1, -0.05) is 25.7 Å². The average Bonchev–Trinajstić information content (AvgIpc) is 3.29. The summed E-state index contributed by atoms with van der Waals surface area (Å²) in [6.07, 6.45) is 10.5. The van der Waals surface area contributed by atoms with Gasteiger partial charge in [0.25, 0.3) is 0 Å². The number of nitrogens with zero attached hydrogens (tertiary/aromatic N) is 5. The topological polar surface area (TPSA) is 54.3 Å². The lowest BCUT2D eigenvalue weighted by Gasteiger charge is -2.36. The number of hydrogen-bond donors (Lipinski definition) is 0. The van der Waals surface area contributed by atoms with Crippen molar-refractivity contribution in [2.45, 2.75) is 76.9 Å².